The Kier molecular flexibility index (Phi) is 3.46. The topological polar surface area (TPSA) is 26.8 Å². The van der Waals surface area contributed by atoms with E-state index in [1.807, 2.05) is 4.90 Å². The number of fused-ring (bicyclic) bond motifs is 1. The monoisotopic (exact) mass is 251 g/mol. The van der Waals surface area contributed by atoms with Crippen LogP contribution < -0.4 is 0 Å². The predicted molar refractivity (Wildman–Crippen MR) is 71.5 cm³/mol. The molecule has 3 fully saturated rings. The maximum atomic E-state index is 12.4. The SMILES string of the molecule is CN1CCCC2CN(C(=O)N3CCCC3)CCC21. The zero-order chi connectivity index (χ0) is 12.5. The molecule has 3 heterocycles. The van der Waals surface area contributed by atoms with Crippen LogP contribution in [0.15, 0.2) is 0 Å². The quantitative estimate of drug-likeness (QED) is 0.654. The van der Waals surface area contributed by atoms with Gasteiger partial charge in [0.2, 0.25) is 0 Å². The molecule has 0 spiro atoms. The molecular formula is C14H25N3O. The van der Waals surface area contributed by atoms with Crippen LogP contribution >= 0.6 is 0 Å². The molecule has 18 heavy (non-hydrogen) atoms. The summed E-state index contributed by atoms with van der Waals surface area (Å²) in [6.07, 6.45) is 6.14. The molecule has 0 aliphatic carbocycles. The molecule has 0 radical (unpaired) electrons. The molecule has 3 saturated heterocycles. The largest absolute Gasteiger partial charge is 0.325 e. The first-order valence-corrected chi connectivity index (χ1v) is 7.50. The van der Waals surface area contributed by atoms with Gasteiger partial charge in [-0.2, -0.15) is 0 Å². The molecule has 3 rings (SSSR count). The standard InChI is InChI=1S/C14H25N3O/c1-15-7-4-5-12-11-17(10-6-13(12)15)14(18)16-8-2-3-9-16/h12-13H,2-11H2,1H3. The van der Waals surface area contributed by atoms with Gasteiger partial charge < -0.3 is 14.7 Å². The van der Waals surface area contributed by atoms with E-state index in [9.17, 15) is 4.79 Å². The number of hydrogen-bond acceptors (Lipinski definition) is 2. The van der Waals surface area contributed by atoms with Gasteiger partial charge >= 0.3 is 6.03 Å². The highest BCUT2D eigenvalue weighted by Gasteiger charge is 2.37. The first-order chi connectivity index (χ1) is 8.75. The van der Waals surface area contributed by atoms with Crippen LogP contribution in [0.1, 0.15) is 32.1 Å². The van der Waals surface area contributed by atoms with E-state index < -0.39 is 0 Å². The third-order valence-electron chi connectivity index (χ3n) is 4.99. The number of nitrogens with zero attached hydrogens (tertiary/aromatic N) is 3. The van der Waals surface area contributed by atoms with Gasteiger partial charge in [0.05, 0.1) is 0 Å². The van der Waals surface area contributed by atoms with E-state index in [2.05, 4.69) is 16.8 Å². The Bertz CT molecular complexity index is 314. The van der Waals surface area contributed by atoms with Crippen molar-refractivity contribution in [2.45, 2.75) is 38.1 Å². The van der Waals surface area contributed by atoms with Crippen molar-refractivity contribution in [2.24, 2.45) is 5.92 Å². The van der Waals surface area contributed by atoms with Crippen LogP contribution in [0.25, 0.3) is 0 Å². The summed E-state index contributed by atoms with van der Waals surface area (Å²) in [5.41, 5.74) is 0. The summed E-state index contributed by atoms with van der Waals surface area (Å²) in [5, 5.41) is 0. The van der Waals surface area contributed by atoms with Crippen molar-refractivity contribution >= 4 is 6.03 Å². The minimum Gasteiger partial charge on any atom is -0.325 e. The normalized spacial score (nSPS) is 33.6. The van der Waals surface area contributed by atoms with Gasteiger partial charge in [-0.15, -0.1) is 0 Å². The molecule has 3 aliphatic rings. The molecule has 4 heteroatoms. The van der Waals surface area contributed by atoms with E-state index in [-0.39, 0.29) is 0 Å². The lowest BCUT2D eigenvalue weighted by Gasteiger charge is -2.46. The van der Waals surface area contributed by atoms with Gasteiger partial charge in [-0.05, 0) is 51.6 Å². The molecule has 4 nitrogen and oxygen atoms in total. The summed E-state index contributed by atoms with van der Waals surface area (Å²) < 4.78 is 0. The van der Waals surface area contributed by atoms with Gasteiger partial charge in [0.1, 0.15) is 0 Å². The third-order valence-corrected chi connectivity index (χ3v) is 4.99. The average molecular weight is 251 g/mol. The number of likely N-dealkylation sites (tertiary alicyclic amines) is 3. The number of amides is 2. The molecule has 0 N–H and O–H groups in total. The molecule has 0 aromatic heterocycles. The second-order valence-corrected chi connectivity index (χ2v) is 6.16. The molecule has 0 aromatic rings. The molecule has 0 aromatic carbocycles. The van der Waals surface area contributed by atoms with Crippen molar-refractivity contribution in [1.82, 2.24) is 14.7 Å². The molecular weight excluding hydrogens is 226 g/mol. The van der Waals surface area contributed by atoms with Gasteiger partial charge in [-0.25, -0.2) is 4.79 Å². The lowest BCUT2D eigenvalue weighted by molar-refractivity contribution is 0.0449. The van der Waals surface area contributed by atoms with Crippen molar-refractivity contribution < 1.29 is 4.79 Å². The molecule has 0 bridgehead atoms. The van der Waals surface area contributed by atoms with Crippen LogP contribution in [0, 0.1) is 5.92 Å². The molecule has 102 valence electrons. The van der Waals surface area contributed by atoms with Crippen molar-refractivity contribution in [1.29, 1.82) is 0 Å². The van der Waals surface area contributed by atoms with Crippen LogP contribution in [0.4, 0.5) is 4.79 Å². The summed E-state index contributed by atoms with van der Waals surface area (Å²) in [5.74, 6) is 0.712. The number of urea groups is 1. The zero-order valence-corrected chi connectivity index (χ0v) is 11.5. The highest BCUT2D eigenvalue weighted by Crippen LogP contribution is 2.30. The van der Waals surface area contributed by atoms with Crippen molar-refractivity contribution in [3.63, 3.8) is 0 Å². The second kappa shape index (κ2) is 5.08. The minimum atomic E-state index is 0.305. The Balaban J connectivity index is 1.61. The van der Waals surface area contributed by atoms with Crippen molar-refractivity contribution in [3.8, 4) is 0 Å². The van der Waals surface area contributed by atoms with Gasteiger partial charge in [0, 0.05) is 32.2 Å². The van der Waals surface area contributed by atoms with E-state index in [1.165, 1.54) is 38.6 Å². The fourth-order valence-corrected chi connectivity index (χ4v) is 3.93. The Labute approximate surface area is 110 Å². The fourth-order valence-electron chi connectivity index (χ4n) is 3.93. The Morgan fingerprint density at radius 1 is 0.944 bits per heavy atom. The lowest BCUT2D eigenvalue weighted by atomic mass is 9.84. The Hall–Kier alpha value is -0.770. The minimum absolute atomic E-state index is 0.305. The smallest absolute Gasteiger partial charge is 0.320 e. The number of rotatable bonds is 0. The summed E-state index contributed by atoms with van der Waals surface area (Å²) >= 11 is 0. The number of carbonyl (C=O) groups is 1. The lowest BCUT2D eigenvalue weighted by Crippen LogP contribution is -2.55. The summed E-state index contributed by atoms with van der Waals surface area (Å²) in [7, 11) is 2.24. The molecule has 0 saturated carbocycles. The van der Waals surface area contributed by atoms with Crippen LogP contribution in [0.3, 0.4) is 0 Å². The maximum Gasteiger partial charge on any atom is 0.320 e. The zero-order valence-electron chi connectivity index (χ0n) is 11.5. The van der Waals surface area contributed by atoms with Crippen LogP contribution in [-0.4, -0.2) is 66.5 Å². The number of carbonyl (C=O) groups excluding carboxylic acids is 1. The highest BCUT2D eigenvalue weighted by atomic mass is 16.2. The van der Waals surface area contributed by atoms with E-state index in [0.717, 1.165) is 32.2 Å². The average Bonchev–Trinajstić information content (AvgIpc) is 2.91. The molecule has 2 atom stereocenters. The molecule has 3 aliphatic heterocycles. The highest BCUT2D eigenvalue weighted by molar-refractivity contribution is 5.74. The second-order valence-electron chi connectivity index (χ2n) is 6.16. The first kappa shape index (κ1) is 12.3. The van der Waals surface area contributed by atoms with E-state index in [1.54, 1.807) is 0 Å². The van der Waals surface area contributed by atoms with E-state index in [4.69, 9.17) is 0 Å². The number of piperidine rings is 2. The van der Waals surface area contributed by atoms with Gasteiger partial charge in [-0.1, -0.05) is 0 Å². The first-order valence-electron chi connectivity index (χ1n) is 7.50. The van der Waals surface area contributed by atoms with Crippen molar-refractivity contribution in [2.75, 3.05) is 39.8 Å². The van der Waals surface area contributed by atoms with Gasteiger partial charge in [0.25, 0.3) is 0 Å². The van der Waals surface area contributed by atoms with Gasteiger partial charge in [-0.3, -0.25) is 0 Å². The van der Waals surface area contributed by atoms with Crippen LogP contribution in [0.5, 0.6) is 0 Å². The molecule has 2 amide bonds. The summed E-state index contributed by atoms with van der Waals surface area (Å²) in [4.78, 5) is 19.1. The molecule has 2 unspecified atom stereocenters. The van der Waals surface area contributed by atoms with Crippen molar-refractivity contribution in [3.05, 3.63) is 0 Å². The summed E-state index contributed by atoms with van der Waals surface area (Å²) in [6, 6.07) is 1.03. The van der Waals surface area contributed by atoms with Crippen LogP contribution in [-0.2, 0) is 0 Å². The Morgan fingerprint density at radius 3 is 2.50 bits per heavy atom. The van der Waals surface area contributed by atoms with Crippen LogP contribution in [0.2, 0.25) is 0 Å². The number of hydrogen-bond donors (Lipinski definition) is 0. The summed E-state index contributed by atoms with van der Waals surface area (Å²) in [6.45, 7) is 5.14. The fraction of sp³-hybridized carbons (Fsp3) is 0.929. The predicted octanol–water partition coefficient (Wildman–Crippen LogP) is 1.62. The van der Waals surface area contributed by atoms with E-state index in [0.29, 0.717) is 11.9 Å². The Morgan fingerprint density at radius 2 is 1.72 bits per heavy atom. The maximum absolute atomic E-state index is 12.4. The van der Waals surface area contributed by atoms with Gasteiger partial charge in [0.15, 0.2) is 0 Å². The van der Waals surface area contributed by atoms with E-state index >= 15 is 0 Å². The third kappa shape index (κ3) is 2.22.